The summed E-state index contributed by atoms with van der Waals surface area (Å²) in [6.07, 6.45) is 5.22. The van der Waals surface area contributed by atoms with Crippen LogP contribution < -0.4 is 0 Å². The summed E-state index contributed by atoms with van der Waals surface area (Å²) in [5.74, 6) is 0. The molecule has 0 aromatic heterocycles. The average Bonchev–Trinajstić information content (AvgIpc) is 2.58. The van der Waals surface area contributed by atoms with Crippen molar-refractivity contribution in [2.24, 2.45) is 0 Å². The van der Waals surface area contributed by atoms with Gasteiger partial charge in [0.2, 0.25) is 0 Å². The monoisotopic (exact) mass is 410 g/mol. The fraction of sp³-hybridized carbons (Fsp3) is 0.222. The highest BCUT2D eigenvalue weighted by Gasteiger charge is 2.27. The minimum absolute atomic E-state index is 1.25. The number of benzene rings is 3. The zero-order valence-electron chi connectivity index (χ0n) is 14.4. The molecule has 3 aromatic rings. The van der Waals surface area contributed by atoms with Crippen LogP contribution in [-0.2, 0) is 26.3 Å². The van der Waals surface area contributed by atoms with Crippen LogP contribution in [0.5, 0.6) is 0 Å². The number of aryl methyl sites for hydroxylation is 2. The van der Waals surface area contributed by atoms with Crippen LogP contribution in [0.1, 0.15) is 24.0 Å². The molecule has 9 heteroatoms. The van der Waals surface area contributed by atoms with Crippen LogP contribution in [0.15, 0.2) is 48.5 Å². The van der Waals surface area contributed by atoms with Gasteiger partial charge >= 0.3 is 15.6 Å². The van der Waals surface area contributed by atoms with Gasteiger partial charge < -0.3 is 19.6 Å². The van der Waals surface area contributed by atoms with Crippen LogP contribution in [0.25, 0.3) is 21.5 Å². The lowest BCUT2D eigenvalue weighted by molar-refractivity contribution is 0.225. The van der Waals surface area contributed by atoms with E-state index in [4.69, 9.17) is 19.6 Å². The van der Waals surface area contributed by atoms with Crippen molar-refractivity contribution < 1.29 is 33.0 Å². The number of hydrogen-bond acceptors (Lipinski definition) is 3. The molecule has 4 N–H and O–H groups in total. The second-order valence-electron chi connectivity index (χ2n) is 6.35. The molecule has 0 saturated heterocycles. The average molecular weight is 410 g/mol. The molecule has 27 heavy (non-hydrogen) atoms. The molecule has 4 rings (SSSR count). The van der Waals surface area contributed by atoms with Crippen molar-refractivity contribution in [3.05, 3.63) is 59.7 Å². The molecule has 0 radical (unpaired) electrons. The molecule has 0 saturated carbocycles. The van der Waals surface area contributed by atoms with E-state index in [-0.39, 0.29) is 0 Å². The van der Waals surface area contributed by atoms with Gasteiger partial charge in [-0.15, -0.1) is 0 Å². The summed E-state index contributed by atoms with van der Waals surface area (Å²) in [7, 11) is -10.1. The van der Waals surface area contributed by atoms with Crippen molar-refractivity contribution in [1.82, 2.24) is 0 Å². The van der Waals surface area contributed by atoms with E-state index in [1.54, 1.807) is 11.1 Å². The standard InChI is InChI=1S/C18H16.H4O7P2/c1-3-7-15-13(5-1)9-11-18-16-8-4-2-6-14(16)10-12-17(15)18;1-8(2,3)7-9(4,5)6/h1,3,5,7,9-12H,2,4,6,8H2;(H2,1,2,3)(H2,4,5,6). The zero-order chi connectivity index (χ0) is 19.7. The quantitative estimate of drug-likeness (QED) is 0.371. The highest BCUT2D eigenvalue weighted by atomic mass is 31.3. The van der Waals surface area contributed by atoms with E-state index in [1.165, 1.54) is 47.2 Å². The smallest absolute Gasteiger partial charge is 0.302 e. The molecule has 144 valence electrons. The Kier molecular flexibility index (Phi) is 5.84. The first kappa shape index (κ1) is 20.2. The largest absolute Gasteiger partial charge is 0.478 e. The maximum absolute atomic E-state index is 9.63. The first-order valence-electron chi connectivity index (χ1n) is 8.39. The molecule has 0 atom stereocenters. The van der Waals surface area contributed by atoms with Crippen molar-refractivity contribution in [3.8, 4) is 0 Å². The summed E-state index contributed by atoms with van der Waals surface area (Å²) in [5, 5.41) is 5.64. The van der Waals surface area contributed by atoms with E-state index in [0.717, 1.165) is 0 Å². The minimum atomic E-state index is -5.05. The van der Waals surface area contributed by atoms with Crippen LogP contribution in [0, 0.1) is 0 Å². The van der Waals surface area contributed by atoms with E-state index < -0.39 is 15.6 Å². The molecule has 1 aliphatic carbocycles. The normalized spacial score (nSPS) is 14.5. The van der Waals surface area contributed by atoms with Crippen LogP contribution in [-0.4, -0.2) is 19.6 Å². The Balaban J connectivity index is 0.000000201. The van der Waals surface area contributed by atoms with Crippen molar-refractivity contribution in [2.75, 3.05) is 0 Å². The van der Waals surface area contributed by atoms with Gasteiger partial charge in [0.15, 0.2) is 0 Å². The van der Waals surface area contributed by atoms with Crippen LogP contribution in [0.2, 0.25) is 0 Å². The lowest BCUT2D eigenvalue weighted by Crippen LogP contribution is -2.02. The third-order valence-electron chi connectivity index (χ3n) is 4.47. The molecule has 0 fully saturated rings. The molecular formula is C18H20O7P2. The predicted molar refractivity (Wildman–Crippen MR) is 103 cm³/mol. The van der Waals surface area contributed by atoms with Gasteiger partial charge in [-0.1, -0.05) is 48.5 Å². The van der Waals surface area contributed by atoms with Crippen molar-refractivity contribution in [2.45, 2.75) is 25.7 Å². The molecule has 3 aromatic carbocycles. The van der Waals surface area contributed by atoms with Gasteiger partial charge in [-0.2, -0.15) is 4.31 Å². The lowest BCUT2D eigenvalue weighted by Gasteiger charge is -2.18. The maximum atomic E-state index is 9.63. The topological polar surface area (TPSA) is 124 Å². The van der Waals surface area contributed by atoms with Crippen LogP contribution in [0.3, 0.4) is 0 Å². The van der Waals surface area contributed by atoms with Gasteiger partial charge in [-0.3, -0.25) is 0 Å². The van der Waals surface area contributed by atoms with Gasteiger partial charge in [0.25, 0.3) is 0 Å². The third kappa shape index (κ3) is 5.24. The Morgan fingerprint density at radius 2 is 1.33 bits per heavy atom. The van der Waals surface area contributed by atoms with E-state index in [2.05, 4.69) is 52.8 Å². The summed E-state index contributed by atoms with van der Waals surface area (Å²) >= 11 is 0. The number of phosphoric acid groups is 2. The molecule has 1 aliphatic rings. The Morgan fingerprint density at radius 1 is 0.704 bits per heavy atom. The summed E-state index contributed by atoms with van der Waals surface area (Å²) < 4.78 is 22.2. The van der Waals surface area contributed by atoms with Gasteiger partial charge in [0.1, 0.15) is 0 Å². The molecule has 7 nitrogen and oxygen atoms in total. The summed E-state index contributed by atoms with van der Waals surface area (Å²) in [6, 6.07) is 18.0. The number of rotatable bonds is 2. The second-order valence-corrected chi connectivity index (χ2v) is 8.97. The van der Waals surface area contributed by atoms with E-state index in [0.29, 0.717) is 0 Å². The molecule has 0 aliphatic heterocycles. The van der Waals surface area contributed by atoms with E-state index >= 15 is 0 Å². The summed E-state index contributed by atoms with van der Waals surface area (Å²) in [4.78, 5) is 31.0. The molecule has 0 spiro atoms. The molecule has 0 heterocycles. The fourth-order valence-electron chi connectivity index (χ4n) is 3.48. The van der Waals surface area contributed by atoms with Gasteiger partial charge in [0, 0.05) is 0 Å². The Hall–Kier alpha value is -1.56. The van der Waals surface area contributed by atoms with Crippen LogP contribution in [0.4, 0.5) is 0 Å². The Morgan fingerprint density at radius 3 is 2.00 bits per heavy atom. The van der Waals surface area contributed by atoms with E-state index in [1.807, 2.05) is 0 Å². The van der Waals surface area contributed by atoms with Crippen LogP contribution >= 0.6 is 15.6 Å². The van der Waals surface area contributed by atoms with Crippen molar-refractivity contribution in [1.29, 1.82) is 0 Å². The summed E-state index contributed by atoms with van der Waals surface area (Å²) in [6.45, 7) is 0. The fourth-order valence-corrected chi connectivity index (χ4v) is 4.59. The lowest BCUT2D eigenvalue weighted by atomic mass is 9.86. The van der Waals surface area contributed by atoms with Crippen molar-refractivity contribution in [3.63, 3.8) is 0 Å². The minimum Gasteiger partial charge on any atom is -0.302 e. The molecule has 0 amide bonds. The first-order valence-corrected chi connectivity index (χ1v) is 11.4. The van der Waals surface area contributed by atoms with Gasteiger partial charge in [0.05, 0.1) is 0 Å². The molecule has 0 bridgehead atoms. The Labute approximate surface area is 156 Å². The number of fused-ring (bicyclic) bond motifs is 5. The third-order valence-corrected chi connectivity index (χ3v) is 6.17. The van der Waals surface area contributed by atoms with Gasteiger partial charge in [-0.05, 0) is 58.4 Å². The SMILES string of the molecule is O=P(O)(O)OP(=O)(O)O.c1ccc2c(c1)ccc1c3c(ccc12)CCCC3. The predicted octanol–water partition coefficient (Wildman–Crippen LogP) is 4.06. The van der Waals surface area contributed by atoms with E-state index in [9.17, 15) is 9.13 Å². The summed E-state index contributed by atoms with van der Waals surface area (Å²) in [5.41, 5.74) is 3.17. The zero-order valence-corrected chi connectivity index (χ0v) is 16.1. The Bertz CT molecular complexity index is 1050. The number of hydrogen-bond donors (Lipinski definition) is 4. The second kappa shape index (κ2) is 7.82. The first-order chi connectivity index (χ1) is 12.6. The highest BCUT2D eigenvalue weighted by molar-refractivity contribution is 7.60. The van der Waals surface area contributed by atoms with Crippen molar-refractivity contribution >= 4 is 37.2 Å². The molecule has 0 unspecified atom stereocenters. The maximum Gasteiger partial charge on any atom is 0.478 e. The van der Waals surface area contributed by atoms with Gasteiger partial charge in [-0.25, -0.2) is 9.13 Å². The highest BCUT2D eigenvalue weighted by Crippen LogP contribution is 2.53. The molecular weight excluding hydrogens is 390 g/mol.